The van der Waals surface area contributed by atoms with Gasteiger partial charge in [0.1, 0.15) is 23.4 Å². The van der Waals surface area contributed by atoms with E-state index in [1.807, 2.05) is 91.0 Å². The van der Waals surface area contributed by atoms with Crippen LogP contribution in [0.15, 0.2) is 152 Å². The molecule has 0 aromatic heterocycles. The number of ether oxygens (including phenoxy) is 3. The molecule has 1 saturated carbocycles. The fraction of sp³-hybridized carbons (Fsp3) is 0.244. The summed E-state index contributed by atoms with van der Waals surface area (Å²) in [6.07, 6.45) is -0.518. The van der Waals surface area contributed by atoms with Crippen molar-refractivity contribution in [1.29, 1.82) is 0 Å². The minimum atomic E-state index is -1.07. The maximum atomic E-state index is 12.8. The van der Waals surface area contributed by atoms with E-state index in [0.717, 1.165) is 28.7 Å². The fourth-order valence-electron chi connectivity index (χ4n) is 7.36. The van der Waals surface area contributed by atoms with Gasteiger partial charge in [-0.2, -0.15) is 0 Å². The van der Waals surface area contributed by atoms with Crippen LogP contribution in [0, 0.1) is 5.92 Å². The second-order valence-electron chi connectivity index (χ2n) is 12.4. The molecule has 0 bridgehead atoms. The van der Waals surface area contributed by atoms with Crippen molar-refractivity contribution in [2.24, 2.45) is 5.92 Å². The Kier molecular flexibility index (Phi) is 9.29. The summed E-state index contributed by atoms with van der Waals surface area (Å²) in [5, 5.41) is 0. The Morgan fingerprint density at radius 1 is 0.604 bits per heavy atom. The SMILES string of the molecule is COC(c1ccccc1)(c1ccccc1)[C@@H]1OB([C@H]2C[C@H]2COC(=O)c2ccccc2)O[C@H]1C(OC)(c1ccccc1)c1ccccc1. The molecule has 1 aliphatic heterocycles. The fourth-order valence-corrected chi connectivity index (χ4v) is 7.36. The van der Waals surface area contributed by atoms with Crippen molar-refractivity contribution in [2.45, 2.75) is 35.6 Å². The Morgan fingerprint density at radius 3 is 1.31 bits per heavy atom. The molecule has 5 aromatic rings. The zero-order valence-electron chi connectivity index (χ0n) is 27.2. The molecule has 7 rings (SSSR count). The van der Waals surface area contributed by atoms with Crippen LogP contribution in [0.3, 0.4) is 0 Å². The topological polar surface area (TPSA) is 63.2 Å². The molecule has 1 aliphatic carbocycles. The van der Waals surface area contributed by atoms with Crippen LogP contribution < -0.4 is 0 Å². The van der Waals surface area contributed by atoms with Crippen molar-refractivity contribution in [3.63, 3.8) is 0 Å². The van der Waals surface area contributed by atoms with E-state index in [-0.39, 0.29) is 24.3 Å². The maximum absolute atomic E-state index is 12.8. The van der Waals surface area contributed by atoms with E-state index in [4.69, 9.17) is 23.5 Å². The molecule has 1 heterocycles. The predicted octanol–water partition coefficient (Wildman–Crippen LogP) is 7.69. The van der Waals surface area contributed by atoms with Crippen LogP contribution in [0.5, 0.6) is 0 Å². The minimum absolute atomic E-state index is 0.0169. The summed E-state index contributed by atoms with van der Waals surface area (Å²) in [5.74, 6) is -0.218. The molecular weight excluding hydrogens is 599 g/mol. The Bertz CT molecular complexity index is 1590. The molecule has 5 aromatic carbocycles. The lowest BCUT2D eigenvalue weighted by Crippen LogP contribution is -2.56. The summed E-state index contributed by atoms with van der Waals surface area (Å²) in [4.78, 5) is 12.8. The van der Waals surface area contributed by atoms with Crippen molar-refractivity contribution in [1.82, 2.24) is 0 Å². The average Bonchev–Trinajstić information content (AvgIpc) is 3.82. The first-order valence-corrected chi connectivity index (χ1v) is 16.5. The predicted molar refractivity (Wildman–Crippen MR) is 185 cm³/mol. The van der Waals surface area contributed by atoms with E-state index in [0.29, 0.717) is 5.56 Å². The van der Waals surface area contributed by atoms with Crippen molar-refractivity contribution in [3.8, 4) is 0 Å². The largest absolute Gasteiger partial charge is 0.462 e. The number of carbonyl (C=O) groups is 1. The van der Waals surface area contributed by atoms with Gasteiger partial charge in [0.25, 0.3) is 0 Å². The smallest absolute Gasteiger partial charge is 0.461 e. The normalized spacial score (nSPS) is 20.8. The second kappa shape index (κ2) is 13.9. The van der Waals surface area contributed by atoms with Crippen LogP contribution in [0.2, 0.25) is 5.82 Å². The van der Waals surface area contributed by atoms with Crippen LogP contribution >= 0.6 is 0 Å². The van der Waals surface area contributed by atoms with Gasteiger partial charge in [-0.15, -0.1) is 0 Å². The molecule has 0 spiro atoms. The molecule has 48 heavy (non-hydrogen) atoms. The van der Waals surface area contributed by atoms with Crippen molar-refractivity contribution >= 4 is 13.1 Å². The molecule has 6 nitrogen and oxygen atoms in total. The molecule has 0 amide bonds. The lowest BCUT2D eigenvalue weighted by molar-refractivity contribution is -0.136. The molecule has 242 valence electrons. The number of hydrogen-bond acceptors (Lipinski definition) is 6. The Balaban J connectivity index is 1.32. The number of carbonyl (C=O) groups excluding carboxylic acids is 1. The van der Waals surface area contributed by atoms with E-state index >= 15 is 0 Å². The van der Waals surface area contributed by atoms with E-state index in [1.54, 1.807) is 26.4 Å². The van der Waals surface area contributed by atoms with Crippen molar-refractivity contribution in [2.75, 3.05) is 20.8 Å². The molecule has 2 aliphatic rings. The molecular formula is C41H39BO6. The standard InChI is InChI=1S/C41H39BO6/c1-44-40(32-20-10-4-11-21-32,33-22-12-5-13-23-33)37-38(41(45-2,34-24-14-6-15-25-34)35-26-16-7-17-27-35)48-42(47-37)36-28-31(36)29-46-39(43)30-18-8-3-9-19-30/h3-27,31,36-38H,28-29H2,1-2H3/t31-,36-,37+,38+/m0/s1. The monoisotopic (exact) mass is 638 g/mol. The van der Waals surface area contributed by atoms with E-state index in [2.05, 4.69) is 48.5 Å². The minimum Gasteiger partial charge on any atom is -0.462 e. The van der Waals surface area contributed by atoms with Gasteiger partial charge in [0.05, 0.1) is 12.2 Å². The molecule has 1 saturated heterocycles. The van der Waals surface area contributed by atoms with Gasteiger partial charge in [0.15, 0.2) is 0 Å². The van der Waals surface area contributed by atoms with Crippen molar-refractivity contribution < 1.29 is 28.3 Å². The lowest BCUT2D eigenvalue weighted by atomic mass is 9.71. The molecule has 2 fully saturated rings. The number of esters is 1. The molecule has 4 atom stereocenters. The van der Waals surface area contributed by atoms with Crippen molar-refractivity contribution in [3.05, 3.63) is 179 Å². The third-order valence-corrected chi connectivity index (χ3v) is 9.86. The van der Waals surface area contributed by atoms with Gasteiger partial charge in [0.2, 0.25) is 0 Å². The van der Waals surface area contributed by atoms with Crippen LogP contribution in [0.1, 0.15) is 39.0 Å². The highest BCUT2D eigenvalue weighted by atomic mass is 16.7. The third-order valence-electron chi connectivity index (χ3n) is 9.86. The quantitative estimate of drug-likeness (QED) is 0.103. The van der Waals surface area contributed by atoms with Gasteiger partial charge in [0, 0.05) is 20.0 Å². The van der Waals surface area contributed by atoms with E-state index in [9.17, 15) is 4.79 Å². The summed E-state index contributed by atoms with van der Waals surface area (Å²) in [7, 11) is 2.87. The lowest BCUT2D eigenvalue weighted by Gasteiger charge is -2.47. The highest BCUT2D eigenvalue weighted by Gasteiger charge is 2.65. The zero-order valence-corrected chi connectivity index (χ0v) is 27.2. The van der Waals surface area contributed by atoms with Crippen LogP contribution in [-0.2, 0) is 34.7 Å². The van der Waals surface area contributed by atoms with Crippen LogP contribution in [0.25, 0.3) is 0 Å². The molecule has 0 radical (unpaired) electrons. The number of hydrogen-bond donors (Lipinski definition) is 0. The number of methoxy groups -OCH3 is 2. The van der Waals surface area contributed by atoms with Gasteiger partial charge in [-0.25, -0.2) is 4.79 Å². The Labute approximate surface area is 282 Å². The summed E-state index contributed by atoms with van der Waals surface area (Å²) < 4.78 is 33.5. The summed E-state index contributed by atoms with van der Waals surface area (Å²) in [5.41, 5.74) is 2.15. The highest BCUT2D eigenvalue weighted by molar-refractivity contribution is 6.48. The van der Waals surface area contributed by atoms with Crippen LogP contribution in [-0.4, -0.2) is 46.1 Å². The van der Waals surface area contributed by atoms with Gasteiger partial charge in [-0.05, 0) is 46.7 Å². The molecule has 0 N–H and O–H groups in total. The third kappa shape index (κ3) is 5.77. The van der Waals surface area contributed by atoms with Crippen LogP contribution in [0.4, 0.5) is 0 Å². The number of rotatable bonds is 12. The Morgan fingerprint density at radius 2 is 0.958 bits per heavy atom. The summed E-state index contributed by atoms with van der Waals surface area (Å²) >= 11 is 0. The zero-order chi connectivity index (χ0) is 33.0. The first-order chi connectivity index (χ1) is 23.6. The van der Waals surface area contributed by atoms with Gasteiger partial charge < -0.3 is 23.5 Å². The Hall–Kier alpha value is -4.53. The van der Waals surface area contributed by atoms with E-state index in [1.165, 1.54) is 0 Å². The van der Waals surface area contributed by atoms with Gasteiger partial charge in [-0.3, -0.25) is 0 Å². The van der Waals surface area contributed by atoms with E-state index < -0.39 is 30.5 Å². The average molecular weight is 639 g/mol. The number of benzene rings is 5. The summed E-state index contributed by atoms with van der Waals surface area (Å²) in [6.45, 7) is 0.288. The van der Waals surface area contributed by atoms with Gasteiger partial charge in [-0.1, -0.05) is 140 Å². The maximum Gasteiger partial charge on any atom is 0.461 e. The van der Waals surface area contributed by atoms with Gasteiger partial charge >= 0.3 is 13.1 Å². The molecule has 7 heteroatoms. The second-order valence-corrected chi connectivity index (χ2v) is 12.4. The molecule has 0 unspecified atom stereocenters. The summed E-state index contributed by atoms with van der Waals surface area (Å²) in [6, 6.07) is 49.8. The first-order valence-electron chi connectivity index (χ1n) is 16.5. The first kappa shape index (κ1) is 32.0. The highest BCUT2D eigenvalue weighted by Crippen LogP contribution is 2.56.